The predicted molar refractivity (Wildman–Crippen MR) is 211 cm³/mol. The van der Waals surface area contributed by atoms with Crippen molar-refractivity contribution < 1.29 is 52.6 Å². The molecular weight excluding hydrogens is 753 g/mol. The molecule has 0 aromatic heterocycles. The highest BCUT2D eigenvalue weighted by Gasteiger charge is 2.45. The monoisotopic (exact) mass is 818 g/mol. The molecule has 2 fully saturated rings. The van der Waals surface area contributed by atoms with Gasteiger partial charge in [-0.15, -0.1) is 0 Å². The van der Waals surface area contributed by atoms with Crippen molar-refractivity contribution in [1.82, 2.24) is 19.6 Å². The molecule has 2 aliphatic heterocycles. The van der Waals surface area contributed by atoms with E-state index in [0.29, 0.717) is 83.9 Å². The molecule has 1 aromatic rings. The largest absolute Gasteiger partial charge is 0.459 e. The second-order valence-electron chi connectivity index (χ2n) is 16.5. The highest BCUT2D eigenvalue weighted by molar-refractivity contribution is 8.72. The van der Waals surface area contributed by atoms with Crippen LogP contribution in [0.4, 0.5) is 0 Å². The molecule has 55 heavy (non-hydrogen) atoms. The van der Waals surface area contributed by atoms with Gasteiger partial charge in [-0.2, -0.15) is 0 Å². The van der Waals surface area contributed by atoms with E-state index in [-0.39, 0.29) is 29.9 Å². The topological polar surface area (TPSA) is 190 Å². The zero-order valence-electron chi connectivity index (χ0n) is 33.8. The summed E-state index contributed by atoms with van der Waals surface area (Å²) in [5, 5.41) is 41.9. The molecule has 0 radical (unpaired) electrons. The number of hydrogen-bond acceptors (Lipinski definition) is 16. The normalized spacial score (nSPS) is 25.6. The molecule has 17 heteroatoms. The number of nitrogens with zero attached hydrogens (tertiary/aromatic N) is 4. The van der Waals surface area contributed by atoms with E-state index in [9.17, 15) is 38.4 Å². The Kier molecular flexibility index (Phi) is 18.8. The molecule has 2 aliphatic rings. The predicted octanol–water partition coefficient (Wildman–Crippen LogP) is 1.29. The van der Waals surface area contributed by atoms with E-state index >= 15 is 0 Å². The lowest BCUT2D eigenvalue weighted by Crippen LogP contribution is -2.64. The van der Waals surface area contributed by atoms with Gasteiger partial charge in [0.15, 0.2) is 0 Å². The number of carbonyl (C=O) groups is 2. The maximum absolute atomic E-state index is 13.0. The van der Waals surface area contributed by atoms with Crippen LogP contribution in [0.25, 0.3) is 0 Å². The summed E-state index contributed by atoms with van der Waals surface area (Å²) in [6.07, 6.45) is -4.81. The van der Waals surface area contributed by atoms with Crippen LogP contribution in [0.2, 0.25) is 0 Å². The number of aryl methyl sites for hydroxylation is 1. The first-order chi connectivity index (χ1) is 25.7. The maximum atomic E-state index is 13.0. The second kappa shape index (κ2) is 21.7. The molecule has 3 rings (SSSR count). The summed E-state index contributed by atoms with van der Waals surface area (Å²) >= 11 is 0. The molecule has 4 N–H and O–H groups in total. The van der Waals surface area contributed by atoms with Crippen molar-refractivity contribution in [3.63, 3.8) is 0 Å². The number of benzene rings is 1. The Morgan fingerprint density at radius 2 is 1.27 bits per heavy atom. The summed E-state index contributed by atoms with van der Waals surface area (Å²) in [4.78, 5) is 34.4. The fraction of sp³-hybridized carbons (Fsp3) is 0.789. The van der Waals surface area contributed by atoms with E-state index in [4.69, 9.17) is 14.2 Å². The first-order valence-electron chi connectivity index (χ1n) is 19.3. The van der Waals surface area contributed by atoms with Crippen LogP contribution in [0.5, 0.6) is 0 Å². The number of esters is 2. The highest BCUT2D eigenvalue weighted by atomic mass is 33.1. The standard InChI is InChI=1S/C38H66N4O11S2/c1-28-11-13-29(14-12-28)55(49,50)54-24-10-18-39-15-8-16-41(26-32(45)53-38(5,6)7)22-23-42(36-35(48)34(47)33(46)30(27-43)51-36)19-9-17-40(21-20-39)25-31(44)52-37(2,3)4/h11-14,30,33-36,43,46-48H,8-10,15-27H2,1-7H3/t30-,33-,34+,35-,36-/m1/s1. The molecule has 0 bridgehead atoms. The van der Waals surface area contributed by atoms with Gasteiger partial charge >= 0.3 is 11.9 Å². The highest BCUT2D eigenvalue weighted by Crippen LogP contribution is 2.26. The minimum Gasteiger partial charge on any atom is -0.459 e. The lowest BCUT2D eigenvalue weighted by molar-refractivity contribution is -0.265. The average molecular weight is 819 g/mol. The minimum atomic E-state index is -3.50. The molecule has 316 valence electrons. The molecule has 15 nitrogen and oxygen atoms in total. The first-order valence-corrected chi connectivity index (χ1v) is 22.3. The van der Waals surface area contributed by atoms with Crippen molar-refractivity contribution in [1.29, 1.82) is 0 Å². The van der Waals surface area contributed by atoms with Crippen LogP contribution < -0.4 is 0 Å². The molecule has 1 aromatic carbocycles. The van der Waals surface area contributed by atoms with Gasteiger partial charge in [0, 0.05) is 51.6 Å². The first kappa shape index (κ1) is 47.5. The van der Waals surface area contributed by atoms with Crippen LogP contribution in [0.3, 0.4) is 0 Å². The Hall–Kier alpha value is -1.90. The fourth-order valence-electron chi connectivity index (χ4n) is 6.54. The zero-order chi connectivity index (χ0) is 41.0. The van der Waals surface area contributed by atoms with Gasteiger partial charge < -0.3 is 39.5 Å². The Balaban J connectivity index is 1.81. The van der Waals surface area contributed by atoms with Gasteiger partial charge in [-0.05, 0) is 104 Å². The van der Waals surface area contributed by atoms with Gasteiger partial charge in [0.2, 0.25) is 8.87 Å². The number of carbonyl (C=O) groups excluding carboxylic acids is 2. The van der Waals surface area contributed by atoms with Crippen molar-refractivity contribution in [2.45, 2.75) is 114 Å². The number of aliphatic hydroxyl groups is 4. The van der Waals surface area contributed by atoms with Gasteiger partial charge in [0.05, 0.1) is 24.6 Å². The van der Waals surface area contributed by atoms with Gasteiger partial charge in [-0.25, -0.2) is 8.42 Å². The zero-order valence-corrected chi connectivity index (χ0v) is 35.4. The summed E-state index contributed by atoms with van der Waals surface area (Å²) in [5.41, 5.74) is -0.343. The smallest absolute Gasteiger partial charge is 0.320 e. The van der Waals surface area contributed by atoms with Gasteiger partial charge in [0.1, 0.15) is 41.8 Å². The van der Waals surface area contributed by atoms with Crippen molar-refractivity contribution >= 4 is 31.6 Å². The summed E-state index contributed by atoms with van der Waals surface area (Å²) in [7, 11) is -2.56. The van der Waals surface area contributed by atoms with Crippen LogP contribution in [0.15, 0.2) is 29.2 Å². The number of hydrogen-bond donors (Lipinski definition) is 4. The average Bonchev–Trinajstić information content (AvgIpc) is 3.07. The molecule has 0 aliphatic carbocycles. The third kappa shape index (κ3) is 16.8. The van der Waals surface area contributed by atoms with Gasteiger partial charge in [0.25, 0.3) is 0 Å². The lowest BCUT2D eigenvalue weighted by Gasteiger charge is -2.45. The third-order valence-electron chi connectivity index (χ3n) is 9.24. The molecule has 0 amide bonds. The minimum absolute atomic E-state index is 0.0248. The number of aliphatic hydroxyl groups excluding tert-OH is 4. The van der Waals surface area contributed by atoms with Crippen molar-refractivity contribution in [2.75, 3.05) is 84.4 Å². The molecule has 5 atom stereocenters. The summed E-state index contributed by atoms with van der Waals surface area (Å²) in [5.74, 6) is -0.330. The maximum Gasteiger partial charge on any atom is 0.320 e. The summed E-state index contributed by atoms with van der Waals surface area (Å²) < 4.78 is 43.2. The van der Waals surface area contributed by atoms with E-state index in [0.717, 1.165) is 16.4 Å². The van der Waals surface area contributed by atoms with Gasteiger partial charge in [-0.1, -0.05) is 17.7 Å². The molecular formula is C38H66N4O11S2. The van der Waals surface area contributed by atoms with E-state index in [1.807, 2.05) is 63.2 Å². The van der Waals surface area contributed by atoms with Crippen LogP contribution in [-0.4, -0.2) is 187 Å². The van der Waals surface area contributed by atoms with Crippen molar-refractivity contribution in [3.8, 4) is 0 Å². The molecule has 2 saturated heterocycles. The Bertz CT molecular complexity index is 1440. The Labute approximate surface area is 331 Å². The quantitative estimate of drug-likeness (QED) is 0.134. The SMILES string of the molecule is Cc1ccc(S(=O)(=O)SCCCN2CCCN(CC(=O)OC(C)(C)C)CCN([C@@H]3O[C@H](CO)[C@@H](O)[C@H](O)[C@H]3O)CCCN(CC(=O)OC(C)(C)C)CC2)cc1. The summed E-state index contributed by atoms with van der Waals surface area (Å²) in [6.45, 7) is 16.8. The summed E-state index contributed by atoms with van der Waals surface area (Å²) in [6, 6.07) is 6.83. The van der Waals surface area contributed by atoms with E-state index in [1.54, 1.807) is 24.3 Å². The number of rotatable bonds is 12. The fourth-order valence-corrected chi connectivity index (χ4v) is 9.36. The van der Waals surface area contributed by atoms with E-state index in [2.05, 4.69) is 4.90 Å². The van der Waals surface area contributed by atoms with Crippen LogP contribution in [0.1, 0.15) is 66.4 Å². The van der Waals surface area contributed by atoms with Gasteiger partial charge in [-0.3, -0.25) is 24.3 Å². The Morgan fingerprint density at radius 1 is 0.764 bits per heavy atom. The lowest BCUT2D eigenvalue weighted by atomic mass is 9.97. The molecule has 2 heterocycles. The molecule has 0 spiro atoms. The van der Waals surface area contributed by atoms with Crippen LogP contribution >= 0.6 is 10.8 Å². The van der Waals surface area contributed by atoms with E-state index in [1.165, 1.54) is 0 Å². The molecule has 0 saturated carbocycles. The molecule has 0 unspecified atom stereocenters. The van der Waals surface area contributed by atoms with Crippen molar-refractivity contribution in [3.05, 3.63) is 29.8 Å². The van der Waals surface area contributed by atoms with Crippen LogP contribution in [0, 0.1) is 6.92 Å². The Morgan fingerprint density at radius 3 is 1.82 bits per heavy atom. The second-order valence-corrected chi connectivity index (χ2v) is 20.5. The van der Waals surface area contributed by atoms with Crippen LogP contribution in [-0.2, 0) is 32.7 Å². The number of ether oxygens (including phenoxy) is 3. The third-order valence-corrected chi connectivity index (χ3v) is 12.9. The van der Waals surface area contributed by atoms with Crippen molar-refractivity contribution in [2.24, 2.45) is 0 Å². The van der Waals surface area contributed by atoms with E-state index < -0.39 is 57.3 Å².